The molecule has 162 valence electrons. The Balaban J connectivity index is 1.62. The third kappa shape index (κ3) is 2.63. The van der Waals surface area contributed by atoms with Gasteiger partial charge in [0.25, 0.3) is 5.92 Å². The molecule has 1 saturated heterocycles. The molecule has 1 aliphatic carbocycles. The number of nitrogens with zero attached hydrogens (tertiary/aromatic N) is 2. The predicted molar refractivity (Wildman–Crippen MR) is 102 cm³/mol. The molecule has 1 aromatic rings. The number of alkyl halides is 2. The van der Waals surface area contributed by atoms with Crippen molar-refractivity contribution in [3.05, 3.63) is 17.4 Å². The number of rotatable bonds is 3. The minimum Gasteiger partial charge on any atom is -0.487 e. The van der Waals surface area contributed by atoms with Crippen LogP contribution in [-0.2, 0) is 4.79 Å². The fraction of sp³-hybridized carbons (Fsp3) is 0.619. The van der Waals surface area contributed by atoms with Gasteiger partial charge in [-0.15, -0.1) is 0 Å². The van der Waals surface area contributed by atoms with Crippen LogP contribution in [-0.4, -0.2) is 55.1 Å². The summed E-state index contributed by atoms with van der Waals surface area (Å²) in [6.07, 6.45) is 1.46. The molecule has 3 aliphatic heterocycles. The second-order valence-electron chi connectivity index (χ2n) is 9.35. The Morgan fingerprint density at radius 2 is 1.97 bits per heavy atom. The Kier molecular flexibility index (Phi) is 3.93. The Hall–Kier alpha value is -2.45. The molecule has 4 aliphatic rings. The van der Waals surface area contributed by atoms with E-state index in [-0.39, 0.29) is 42.7 Å². The van der Waals surface area contributed by atoms with Gasteiger partial charge >= 0.3 is 5.97 Å². The van der Waals surface area contributed by atoms with E-state index in [0.717, 1.165) is 18.9 Å². The minimum absolute atomic E-state index is 0.0107. The molecule has 0 spiro atoms. The van der Waals surface area contributed by atoms with Gasteiger partial charge in [0.15, 0.2) is 17.3 Å². The van der Waals surface area contributed by atoms with Crippen molar-refractivity contribution < 1.29 is 32.6 Å². The maximum absolute atomic E-state index is 15.2. The number of ether oxygens (including phenoxy) is 1. The molecular formula is C21H23F3N2O4. The van der Waals surface area contributed by atoms with Gasteiger partial charge in [0.1, 0.15) is 18.2 Å². The first-order valence-electron chi connectivity index (χ1n) is 10.2. The number of aliphatic carboxylic acids is 1. The van der Waals surface area contributed by atoms with Crippen LogP contribution in [0.5, 0.6) is 5.75 Å². The first kappa shape index (κ1) is 19.5. The maximum atomic E-state index is 15.2. The summed E-state index contributed by atoms with van der Waals surface area (Å²) >= 11 is 0. The summed E-state index contributed by atoms with van der Waals surface area (Å²) in [5, 5.41) is 9.42. The van der Waals surface area contributed by atoms with E-state index in [0.29, 0.717) is 5.69 Å². The van der Waals surface area contributed by atoms with E-state index in [2.05, 4.69) is 0 Å². The van der Waals surface area contributed by atoms with Crippen LogP contribution in [0.15, 0.2) is 6.07 Å². The van der Waals surface area contributed by atoms with Crippen molar-refractivity contribution in [2.45, 2.75) is 38.7 Å². The highest BCUT2D eigenvalue weighted by molar-refractivity contribution is 6.14. The molecule has 6 nitrogen and oxygen atoms in total. The topological polar surface area (TPSA) is 70.1 Å². The molecule has 3 heterocycles. The van der Waals surface area contributed by atoms with Gasteiger partial charge < -0.3 is 19.6 Å². The van der Waals surface area contributed by atoms with Crippen LogP contribution in [0.4, 0.5) is 24.5 Å². The quantitative estimate of drug-likeness (QED) is 0.752. The van der Waals surface area contributed by atoms with Gasteiger partial charge in [0.2, 0.25) is 0 Å². The number of anilines is 2. The van der Waals surface area contributed by atoms with Gasteiger partial charge in [0.05, 0.1) is 18.3 Å². The Morgan fingerprint density at radius 3 is 2.60 bits per heavy atom. The lowest BCUT2D eigenvalue weighted by Crippen LogP contribution is -2.51. The van der Waals surface area contributed by atoms with Gasteiger partial charge in [-0.3, -0.25) is 9.59 Å². The van der Waals surface area contributed by atoms with Gasteiger partial charge in [-0.1, -0.05) is 6.92 Å². The molecule has 1 saturated carbocycles. The number of ketones is 1. The fourth-order valence-electron chi connectivity index (χ4n) is 5.18. The summed E-state index contributed by atoms with van der Waals surface area (Å²) in [6.45, 7) is 3.15. The number of hydrogen-bond donors (Lipinski definition) is 1. The number of halogens is 3. The van der Waals surface area contributed by atoms with Crippen LogP contribution in [0.2, 0.25) is 0 Å². The summed E-state index contributed by atoms with van der Waals surface area (Å²) in [5.41, 5.74) is -0.240. The molecule has 30 heavy (non-hydrogen) atoms. The zero-order valence-corrected chi connectivity index (χ0v) is 16.8. The van der Waals surface area contributed by atoms with Crippen molar-refractivity contribution in [1.82, 2.24) is 0 Å². The largest absolute Gasteiger partial charge is 0.487 e. The second-order valence-corrected chi connectivity index (χ2v) is 9.35. The minimum atomic E-state index is -2.95. The van der Waals surface area contributed by atoms with Gasteiger partial charge in [0, 0.05) is 24.6 Å². The normalized spacial score (nSPS) is 30.7. The lowest BCUT2D eigenvalue weighted by Gasteiger charge is -2.43. The maximum Gasteiger partial charge on any atom is 0.316 e. The first-order valence-corrected chi connectivity index (χ1v) is 10.2. The number of carboxylic acids is 1. The molecule has 0 radical (unpaired) electrons. The average Bonchev–Trinajstić information content (AvgIpc) is 3.31. The average molecular weight is 424 g/mol. The van der Waals surface area contributed by atoms with E-state index < -0.39 is 47.3 Å². The van der Waals surface area contributed by atoms with Crippen LogP contribution in [0.1, 0.15) is 37.0 Å². The summed E-state index contributed by atoms with van der Waals surface area (Å²) in [7, 11) is 0. The third-order valence-electron chi connectivity index (χ3n) is 7.24. The van der Waals surface area contributed by atoms with E-state index in [9.17, 15) is 23.5 Å². The van der Waals surface area contributed by atoms with Gasteiger partial charge in [-0.25, -0.2) is 13.2 Å². The summed E-state index contributed by atoms with van der Waals surface area (Å²) in [5.74, 6) is -7.85. The molecule has 0 bridgehead atoms. The summed E-state index contributed by atoms with van der Waals surface area (Å²) in [6, 6.07) is 0.757. The highest BCUT2D eigenvalue weighted by Crippen LogP contribution is 2.60. The van der Waals surface area contributed by atoms with Crippen molar-refractivity contribution in [1.29, 1.82) is 0 Å². The monoisotopic (exact) mass is 424 g/mol. The van der Waals surface area contributed by atoms with Gasteiger partial charge in [-0.05, 0) is 31.2 Å². The fourth-order valence-corrected chi connectivity index (χ4v) is 5.18. The Labute approximate surface area is 171 Å². The number of carbonyl (C=O) groups is 2. The first-order chi connectivity index (χ1) is 14.0. The van der Waals surface area contributed by atoms with E-state index in [1.807, 2.05) is 13.8 Å². The van der Waals surface area contributed by atoms with Crippen LogP contribution >= 0.6 is 0 Å². The molecule has 5 rings (SSSR count). The van der Waals surface area contributed by atoms with E-state index in [1.165, 1.54) is 4.90 Å². The highest BCUT2D eigenvalue weighted by atomic mass is 19.3. The van der Waals surface area contributed by atoms with E-state index in [4.69, 9.17) is 4.74 Å². The smallest absolute Gasteiger partial charge is 0.316 e. The van der Waals surface area contributed by atoms with Crippen molar-refractivity contribution >= 4 is 23.1 Å². The molecular weight excluding hydrogens is 401 g/mol. The lowest BCUT2D eigenvalue weighted by molar-refractivity contribution is -0.139. The second kappa shape index (κ2) is 6.04. The molecule has 9 heteroatoms. The van der Waals surface area contributed by atoms with Crippen LogP contribution in [0, 0.1) is 23.1 Å². The standard InChI is InChI=1S/C21H23F3N2O4/c1-10-8-30-18-15-11(17(27)12(19(28)29)6-26(10)15)5-13(22)16(18)25-7-14(20(2)3-4-20)21(23,24)9-25/h5,10,12,14H,3-4,6-9H2,1-2H3,(H,28,29)/t10-,12?,14+/m0/s1. The Bertz CT molecular complexity index is 962. The number of benzene rings is 1. The SMILES string of the molecule is C[C@H]1COc2c(N3C[C@H](C4(C)CC4)C(F)(F)C3)c(F)cc3c2N1CC(C(=O)O)C3=O. The summed E-state index contributed by atoms with van der Waals surface area (Å²) < 4.78 is 50.6. The molecule has 0 amide bonds. The van der Waals surface area contributed by atoms with Crippen molar-refractivity contribution in [3.8, 4) is 5.75 Å². The number of carbonyl (C=O) groups excluding carboxylic acids is 1. The zero-order chi connectivity index (χ0) is 21.6. The van der Waals surface area contributed by atoms with E-state index >= 15 is 4.39 Å². The zero-order valence-electron chi connectivity index (χ0n) is 16.8. The number of hydrogen-bond acceptors (Lipinski definition) is 5. The number of Topliss-reactive ketones (excluding diaryl/α,β-unsaturated/α-hetero) is 1. The molecule has 1 aromatic carbocycles. The third-order valence-corrected chi connectivity index (χ3v) is 7.24. The predicted octanol–water partition coefficient (Wildman–Crippen LogP) is 3.18. The molecule has 1 N–H and O–H groups in total. The van der Waals surface area contributed by atoms with Crippen LogP contribution in [0.3, 0.4) is 0 Å². The highest BCUT2D eigenvalue weighted by Gasteiger charge is 2.61. The van der Waals surface area contributed by atoms with Crippen molar-refractivity contribution in [2.24, 2.45) is 17.3 Å². The molecule has 1 unspecified atom stereocenters. The van der Waals surface area contributed by atoms with Crippen LogP contribution < -0.4 is 14.5 Å². The lowest BCUT2D eigenvalue weighted by atomic mass is 9.87. The Morgan fingerprint density at radius 1 is 1.27 bits per heavy atom. The van der Waals surface area contributed by atoms with Crippen molar-refractivity contribution in [3.63, 3.8) is 0 Å². The molecule has 3 atom stereocenters. The van der Waals surface area contributed by atoms with Gasteiger partial charge in [-0.2, -0.15) is 0 Å². The molecule has 2 fully saturated rings. The van der Waals surface area contributed by atoms with E-state index in [1.54, 1.807) is 4.90 Å². The van der Waals surface area contributed by atoms with Crippen molar-refractivity contribution in [2.75, 3.05) is 36.0 Å². The number of carboxylic acid groups (broad SMARTS) is 1. The molecule has 0 aromatic heterocycles. The van der Waals surface area contributed by atoms with Crippen LogP contribution in [0.25, 0.3) is 0 Å². The summed E-state index contributed by atoms with van der Waals surface area (Å²) in [4.78, 5) is 27.3.